The van der Waals surface area contributed by atoms with Crippen molar-refractivity contribution in [3.05, 3.63) is 27.5 Å². The van der Waals surface area contributed by atoms with E-state index in [1.807, 2.05) is 17.0 Å². The van der Waals surface area contributed by atoms with Gasteiger partial charge in [0.2, 0.25) is 0 Å². The highest BCUT2D eigenvalue weighted by Gasteiger charge is 2.22. The van der Waals surface area contributed by atoms with Crippen LogP contribution in [0.1, 0.15) is 52.7 Å². The maximum absolute atomic E-state index is 12.3. The van der Waals surface area contributed by atoms with E-state index in [2.05, 4.69) is 32.9 Å². The van der Waals surface area contributed by atoms with Gasteiger partial charge in [0.05, 0.1) is 29.0 Å². The van der Waals surface area contributed by atoms with E-state index in [1.54, 1.807) is 11.3 Å². The van der Waals surface area contributed by atoms with Crippen molar-refractivity contribution < 1.29 is 4.79 Å². The summed E-state index contributed by atoms with van der Waals surface area (Å²) < 4.78 is 1.90. The highest BCUT2D eigenvalue weighted by Crippen LogP contribution is 2.20. The minimum absolute atomic E-state index is 0. The molecule has 2 aromatic rings. The summed E-state index contributed by atoms with van der Waals surface area (Å²) in [4.78, 5) is 16.8. The Bertz CT molecular complexity index is 683. The van der Waals surface area contributed by atoms with Crippen LogP contribution >= 0.6 is 36.2 Å². The van der Waals surface area contributed by atoms with E-state index in [1.165, 1.54) is 0 Å². The smallest absolute Gasteiger partial charge is 0.274 e. The fraction of sp³-hybridized carbons (Fsp3) is 0.600. The molecule has 140 valence electrons. The van der Waals surface area contributed by atoms with Gasteiger partial charge in [0.1, 0.15) is 0 Å². The molecule has 0 aliphatic carbocycles. The standard InChI is InChI=1S/C15H22N6OS.2ClH/c1-3-13-18-11(9-23-13)8-17-15(22)14-10(2)21(20-19-14)12-4-6-16-7-5-12;;/h9,12,16H,3-8H2,1-2H3,(H,17,22);2*1H. The Morgan fingerprint density at radius 3 is 2.76 bits per heavy atom. The summed E-state index contributed by atoms with van der Waals surface area (Å²) in [6, 6.07) is 0.330. The number of rotatable bonds is 5. The first-order valence-corrected chi connectivity index (χ1v) is 8.91. The number of thiazole rings is 1. The van der Waals surface area contributed by atoms with E-state index in [-0.39, 0.29) is 30.7 Å². The number of aromatic nitrogens is 4. The Hall–Kier alpha value is -1.22. The third-order valence-corrected chi connectivity index (χ3v) is 5.17. The number of hydrogen-bond acceptors (Lipinski definition) is 6. The maximum atomic E-state index is 12.3. The molecule has 3 heterocycles. The van der Waals surface area contributed by atoms with Gasteiger partial charge in [-0.1, -0.05) is 12.1 Å². The largest absolute Gasteiger partial charge is 0.345 e. The molecule has 25 heavy (non-hydrogen) atoms. The Morgan fingerprint density at radius 1 is 1.40 bits per heavy atom. The van der Waals surface area contributed by atoms with E-state index in [0.29, 0.717) is 18.3 Å². The lowest BCUT2D eigenvalue weighted by Gasteiger charge is -2.23. The summed E-state index contributed by atoms with van der Waals surface area (Å²) >= 11 is 1.62. The van der Waals surface area contributed by atoms with Crippen molar-refractivity contribution in [3.63, 3.8) is 0 Å². The van der Waals surface area contributed by atoms with E-state index in [9.17, 15) is 4.79 Å². The molecule has 0 aromatic carbocycles. The van der Waals surface area contributed by atoms with Crippen LogP contribution in [0.25, 0.3) is 0 Å². The molecule has 0 atom stereocenters. The lowest BCUT2D eigenvalue weighted by molar-refractivity contribution is 0.0944. The predicted molar refractivity (Wildman–Crippen MR) is 103 cm³/mol. The minimum atomic E-state index is -0.186. The highest BCUT2D eigenvalue weighted by atomic mass is 35.5. The topological polar surface area (TPSA) is 84.7 Å². The number of piperidine rings is 1. The van der Waals surface area contributed by atoms with Gasteiger partial charge in [0, 0.05) is 5.38 Å². The molecule has 3 rings (SSSR count). The molecular weight excluding hydrogens is 383 g/mol. The summed E-state index contributed by atoms with van der Waals surface area (Å²) in [5.41, 5.74) is 2.14. The molecule has 7 nitrogen and oxygen atoms in total. The van der Waals surface area contributed by atoms with E-state index in [4.69, 9.17) is 0 Å². The quantitative estimate of drug-likeness (QED) is 0.795. The molecule has 0 saturated carbocycles. The number of hydrogen-bond donors (Lipinski definition) is 2. The molecule has 1 aliphatic heterocycles. The van der Waals surface area contributed by atoms with Crippen LogP contribution in [-0.2, 0) is 13.0 Å². The van der Waals surface area contributed by atoms with Gasteiger partial charge in [-0.15, -0.1) is 41.2 Å². The Morgan fingerprint density at radius 2 is 2.12 bits per heavy atom. The zero-order valence-electron chi connectivity index (χ0n) is 14.3. The first-order chi connectivity index (χ1) is 11.2. The van der Waals surface area contributed by atoms with Crippen molar-refractivity contribution in [3.8, 4) is 0 Å². The Kier molecular flexibility index (Phi) is 8.78. The first kappa shape index (κ1) is 21.8. The molecule has 1 saturated heterocycles. The zero-order chi connectivity index (χ0) is 16.2. The molecule has 0 spiro atoms. The average Bonchev–Trinajstić information content (AvgIpc) is 3.20. The molecular formula is C15H24Cl2N6OS. The summed E-state index contributed by atoms with van der Waals surface area (Å²) in [5.74, 6) is -0.186. The molecule has 2 aromatic heterocycles. The van der Waals surface area contributed by atoms with E-state index in [0.717, 1.165) is 48.7 Å². The van der Waals surface area contributed by atoms with E-state index >= 15 is 0 Å². The fourth-order valence-corrected chi connectivity index (χ4v) is 3.54. The Balaban J connectivity index is 0.00000156. The van der Waals surface area contributed by atoms with Crippen molar-refractivity contribution in [2.24, 2.45) is 0 Å². The van der Waals surface area contributed by atoms with Crippen LogP contribution in [0.2, 0.25) is 0 Å². The van der Waals surface area contributed by atoms with Crippen molar-refractivity contribution >= 4 is 42.1 Å². The van der Waals surface area contributed by atoms with Crippen LogP contribution in [-0.4, -0.2) is 39.0 Å². The Labute approximate surface area is 163 Å². The molecule has 10 heteroatoms. The predicted octanol–water partition coefficient (Wildman–Crippen LogP) is 2.30. The van der Waals surface area contributed by atoms with Crippen LogP contribution < -0.4 is 10.6 Å². The van der Waals surface area contributed by atoms with E-state index < -0.39 is 0 Å². The second-order valence-electron chi connectivity index (χ2n) is 5.72. The van der Waals surface area contributed by atoms with Gasteiger partial charge in [0.25, 0.3) is 5.91 Å². The summed E-state index contributed by atoms with van der Waals surface area (Å²) in [6.45, 7) is 6.37. The number of nitrogens with zero attached hydrogens (tertiary/aromatic N) is 4. The number of carbonyl (C=O) groups excluding carboxylic acids is 1. The third kappa shape index (κ3) is 5.13. The third-order valence-electron chi connectivity index (χ3n) is 4.13. The molecule has 0 unspecified atom stereocenters. The summed E-state index contributed by atoms with van der Waals surface area (Å²) in [7, 11) is 0. The monoisotopic (exact) mass is 406 g/mol. The second kappa shape index (κ2) is 10.1. The molecule has 2 N–H and O–H groups in total. The molecule has 1 aliphatic rings. The van der Waals surface area contributed by atoms with Crippen molar-refractivity contribution in [2.75, 3.05) is 13.1 Å². The van der Waals surface area contributed by atoms with Gasteiger partial charge < -0.3 is 10.6 Å². The van der Waals surface area contributed by atoms with Gasteiger partial charge in [0.15, 0.2) is 5.69 Å². The lowest BCUT2D eigenvalue weighted by atomic mass is 10.1. The van der Waals surface area contributed by atoms with Gasteiger partial charge in [-0.2, -0.15) is 0 Å². The van der Waals surface area contributed by atoms with Gasteiger partial charge in [-0.3, -0.25) is 4.79 Å². The van der Waals surface area contributed by atoms with Crippen molar-refractivity contribution in [2.45, 2.75) is 45.7 Å². The van der Waals surface area contributed by atoms with Gasteiger partial charge in [-0.25, -0.2) is 9.67 Å². The number of halogens is 2. The lowest BCUT2D eigenvalue weighted by Crippen LogP contribution is -2.30. The number of carbonyl (C=O) groups is 1. The number of aryl methyl sites for hydroxylation is 1. The molecule has 1 fully saturated rings. The summed E-state index contributed by atoms with van der Waals surface area (Å²) in [5, 5.41) is 17.6. The summed E-state index contributed by atoms with van der Waals surface area (Å²) in [6.07, 6.45) is 2.95. The SMILES string of the molecule is CCc1nc(CNC(=O)c2nnn(C3CCNCC3)c2C)cs1.Cl.Cl. The van der Waals surface area contributed by atoms with Gasteiger partial charge >= 0.3 is 0 Å². The van der Waals surface area contributed by atoms with Gasteiger partial charge in [-0.05, 0) is 39.3 Å². The van der Waals surface area contributed by atoms with Crippen LogP contribution in [0.3, 0.4) is 0 Å². The second-order valence-corrected chi connectivity index (χ2v) is 6.66. The van der Waals surface area contributed by atoms with Crippen LogP contribution in [0.5, 0.6) is 0 Å². The number of amides is 1. The maximum Gasteiger partial charge on any atom is 0.274 e. The average molecular weight is 407 g/mol. The first-order valence-electron chi connectivity index (χ1n) is 8.03. The molecule has 0 bridgehead atoms. The van der Waals surface area contributed by atoms with Crippen LogP contribution in [0.4, 0.5) is 0 Å². The molecule has 0 radical (unpaired) electrons. The molecule has 1 amide bonds. The fourth-order valence-electron chi connectivity index (χ4n) is 2.80. The minimum Gasteiger partial charge on any atom is -0.345 e. The van der Waals surface area contributed by atoms with Crippen LogP contribution in [0.15, 0.2) is 5.38 Å². The normalized spacial score (nSPS) is 14.5. The number of nitrogens with one attached hydrogen (secondary N) is 2. The highest BCUT2D eigenvalue weighted by molar-refractivity contribution is 7.09. The van der Waals surface area contributed by atoms with Crippen molar-refractivity contribution in [1.29, 1.82) is 0 Å². The zero-order valence-corrected chi connectivity index (χ0v) is 16.8. The van der Waals surface area contributed by atoms with Crippen molar-refractivity contribution in [1.82, 2.24) is 30.6 Å². The van der Waals surface area contributed by atoms with Crippen LogP contribution in [0, 0.1) is 6.92 Å².